The molecule has 0 aliphatic rings. The number of fused-ring (bicyclic) bond motifs is 1. The Morgan fingerprint density at radius 3 is 2.73 bits per heavy atom. The first-order valence-corrected chi connectivity index (χ1v) is 8.71. The van der Waals surface area contributed by atoms with Gasteiger partial charge in [-0.15, -0.1) is 11.3 Å². The lowest BCUT2D eigenvalue weighted by atomic mass is 10.2. The normalized spacial score (nSPS) is 10.7. The topological polar surface area (TPSA) is 90.3 Å². The van der Waals surface area contributed by atoms with Gasteiger partial charge in [0, 0.05) is 7.05 Å². The molecule has 0 aliphatic carbocycles. The van der Waals surface area contributed by atoms with Crippen LogP contribution in [0, 0.1) is 6.92 Å². The predicted molar refractivity (Wildman–Crippen MR) is 98.2 cm³/mol. The first-order valence-electron chi connectivity index (χ1n) is 7.90. The summed E-state index contributed by atoms with van der Waals surface area (Å²) in [4.78, 5) is 41.4. The van der Waals surface area contributed by atoms with Crippen molar-refractivity contribution < 1.29 is 14.3 Å². The number of thiophene rings is 1. The Morgan fingerprint density at radius 1 is 1.27 bits per heavy atom. The molecule has 8 heteroatoms. The van der Waals surface area contributed by atoms with Crippen LogP contribution in [0.3, 0.4) is 0 Å². The van der Waals surface area contributed by atoms with Gasteiger partial charge in [0.05, 0.1) is 16.6 Å². The fourth-order valence-corrected chi connectivity index (χ4v) is 3.50. The first-order chi connectivity index (χ1) is 12.5. The Morgan fingerprint density at radius 2 is 2.00 bits per heavy atom. The monoisotopic (exact) mass is 371 g/mol. The van der Waals surface area contributed by atoms with Crippen LogP contribution < -0.4 is 10.9 Å². The zero-order valence-corrected chi connectivity index (χ0v) is 15.1. The minimum atomic E-state index is -0.532. The maximum atomic E-state index is 12.4. The van der Waals surface area contributed by atoms with E-state index in [-0.39, 0.29) is 18.7 Å². The number of ether oxygens (including phenoxy) is 1. The molecule has 7 nitrogen and oxygen atoms in total. The van der Waals surface area contributed by atoms with Crippen molar-refractivity contribution in [3.05, 3.63) is 63.0 Å². The quantitative estimate of drug-likeness (QED) is 0.691. The third kappa shape index (κ3) is 3.65. The summed E-state index contributed by atoms with van der Waals surface area (Å²) >= 11 is 1.13. The number of esters is 1. The number of aryl methyl sites for hydroxylation is 2. The second-order valence-electron chi connectivity index (χ2n) is 5.73. The van der Waals surface area contributed by atoms with Gasteiger partial charge < -0.3 is 14.6 Å². The maximum absolute atomic E-state index is 12.4. The van der Waals surface area contributed by atoms with E-state index in [9.17, 15) is 14.4 Å². The SMILES string of the molecule is Cc1c(C(=O)NCC(=O)OCc2ccccc2)sc2ncn(C)c(=O)c12. The maximum Gasteiger partial charge on any atom is 0.325 e. The summed E-state index contributed by atoms with van der Waals surface area (Å²) in [6.45, 7) is 1.60. The van der Waals surface area contributed by atoms with Crippen LogP contribution in [0.4, 0.5) is 0 Å². The largest absolute Gasteiger partial charge is 0.460 e. The number of aromatic nitrogens is 2. The van der Waals surface area contributed by atoms with Gasteiger partial charge in [-0.1, -0.05) is 30.3 Å². The number of hydrogen-bond donors (Lipinski definition) is 1. The minimum Gasteiger partial charge on any atom is -0.460 e. The molecule has 26 heavy (non-hydrogen) atoms. The summed E-state index contributed by atoms with van der Waals surface area (Å²) in [5.41, 5.74) is 1.23. The lowest BCUT2D eigenvalue weighted by Crippen LogP contribution is -2.30. The van der Waals surface area contributed by atoms with Crippen molar-refractivity contribution in [3.8, 4) is 0 Å². The molecule has 2 heterocycles. The molecule has 0 spiro atoms. The molecule has 3 rings (SSSR count). The van der Waals surface area contributed by atoms with Crippen LogP contribution in [0.5, 0.6) is 0 Å². The van der Waals surface area contributed by atoms with Crippen LogP contribution in [-0.2, 0) is 23.2 Å². The van der Waals surface area contributed by atoms with Crippen LogP contribution in [0.25, 0.3) is 10.2 Å². The Kier molecular flexibility index (Phi) is 5.13. The number of benzene rings is 1. The van der Waals surface area contributed by atoms with Crippen molar-refractivity contribution in [1.29, 1.82) is 0 Å². The van der Waals surface area contributed by atoms with Gasteiger partial charge in [-0.2, -0.15) is 0 Å². The van der Waals surface area contributed by atoms with E-state index in [1.54, 1.807) is 14.0 Å². The molecule has 0 aliphatic heterocycles. The molecule has 0 bridgehead atoms. The fourth-order valence-electron chi connectivity index (χ4n) is 2.45. The Bertz CT molecular complexity index is 1020. The van der Waals surface area contributed by atoms with Crippen molar-refractivity contribution >= 4 is 33.4 Å². The molecule has 2 aromatic heterocycles. The van der Waals surface area contributed by atoms with Crippen molar-refractivity contribution in [2.45, 2.75) is 13.5 Å². The van der Waals surface area contributed by atoms with E-state index in [4.69, 9.17) is 4.74 Å². The highest BCUT2D eigenvalue weighted by Gasteiger charge is 2.19. The van der Waals surface area contributed by atoms with E-state index >= 15 is 0 Å². The average Bonchev–Trinajstić information content (AvgIpc) is 2.99. The van der Waals surface area contributed by atoms with Gasteiger partial charge in [-0.25, -0.2) is 4.98 Å². The molecule has 0 radical (unpaired) electrons. The standard InChI is InChI=1S/C18H17N3O4S/c1-11-14-17(20-10-21(2)18(14)24)26-15(11)16(23)19-8-13(22)25-9-12-6-4-3-5-7-12/h3-7,10H,8-9H2,1-2H3,(H,19,23). The summed E-state index contributed by atoms with van der Waals surface area (Å²) < 4.78 is 6.49. The van der Waals surface area contributed by atoms with E-state index in [1.165, 1.54) is 10.9 Å². The van der Waals surface area contributed by atoms with Gasteiger partial charge in [0.15, 0.2) is 0 Å². The molecule has 0 unspecified atom stereocenters. The van der Waals surface area contributed by atoms with E-state index in [0.29, 0.717) is 20.7 Å². The molecule has 1 N–H and O–H groups in total. The lowest BCUT2D eigenvalue weighted by molar-refractivity contribution is -0.143. The van der Waals surface area contributed by atoms with E-state index in [1.807, 2.05) is 30.3 Å². The van der Waals surface area contributed by atoms with Crippen molar-refractivity contribution in [1.82, 2.24) is 14.9 Å². The van der Waals surface area contributed by atoms with Crippen LogP contribution in [0.15, 0.2) is 41.5 Å². The lowest BCUT2D eigenvalue weighted by Gasteiger charge is -2.06. The van der Waals surface area contributed by atoms with Crippen LogP contribution in [0.2, 0.25) is 0 Å². The average molecular weight is 371 g/mol. The fraction of sp³-hybridized carbons (Fsp3) is 0.222. The van der Waals surface area contributed by atoms with Gasteiger partial charge >= 0.3 is 5.97 Å². The Balaban J connectivity index is 1.64. The van der Waals surface area contributed by atoms with Crippen LogP contribution in [0.1, 0.15) is 20.8 Å². The molecule has 0 saturated carbocycles. The van der Waals surface area contributed by atoms with Gasteiger partial charge in [-0.05, 0) is 18.1 Å². The second-order valence-corrected chi connectivity index (χ2v) is 6.72. The highest BCUT2D eigenvalue weighted by Crippen LogP contribution is 2.26. The highest BCUT2D eigenvalue weighted by atomic mass is 32.1. The molecule has 134 valence electrons. The molecule has 0 fully saturated rings. The first kappa shape index (κ1) is 17.8. The van der Waals surface area contributed by atoms with Gasteiger partial charge in [0.2, 0.25) is 0 Å². The van der Waals surface area contributed by atoms with E-state index in [0.717, 1.165) is 16.9 Å². The third-order valence-electron chi connectivity index (χ3n) is 3.85. The number of nitrogens with one attached hydrogen (secondary N) is 1. The molecular formula is C18H17N3O4S. The van der Waals surface area contributed by atoms with Gasteiger partial charge in [0.1, 0.15) is 18.0 Å². The van der Waals surface area contributed by atoms with Gasteiger partial charge in [-0.3, -0.25) is 14.4 Å². The second kappa shape index (κ2) is 7.49. The van der Waals surface area contributed by atoms with Crippen LogP contribution in [-0.4, -0.2) is 28.0 Å². The molecule has 1 aromatic carbocycles. The smallest absolute Gasteiger partial charge is 0.325 e. The summed E-state index contributed by atoms with van der Waals surface area (Å²) in [5.74, 6) is -0.959. The number of carbonyl (C=O) groups is 2. The Hall–Kier alpha value is -3.00. The summed E-state index contributed by atoms with van der Waals surface area (Å²) in [6, 6.07) is 9.28. The van der Waals surface area contributed by atoms with Crippen molar-refractivity contribution in [2.75, 3.05) is 6.54 Å². The number of amides is 1. The van der Waals surface area contributed by atoms with E-state index < -0.39 is 11.9 Å². The van der Waals surface area contributed by atoms with Gasteiger partial charge in [0.25, 0.3) is 11.5 Å². The molecular weight excluding hydrogens is 354 g/mol. The highest BCUT2D eigenvalue weighted by molar-refractivity contribution is 7.20. The molecule has 3 aromatic rings. The number of rotatable bonds is 5. The summed E-state index contributed by atoms with van der Waals surface area (Å²) in [7, 11) is 1.61. The number of nitrogens with zero attached hydrogens (tertiary/aromatic N) is 2. The molecule has 0 atom stereocenters. The Labute approximate surface area is 153 Å². The van der Waals surface area contributed by atoms with Crippen molar-refractivity contribution in [3.63, 3.8) is 0 Å². The molecule has 1 amide bonds. The predicted octanol–water partition coefficient (Wildman–Crippen LogP) is 1.78. The van der Waals surface area contributed by atoms with Crippen molar-refractivity contribution in [2.24, 2.45) is 7.05 Å². The summed E-state index contributed by atoms with van der Waals surface area (Å²) in [6.07, 6.45) is 1.42. The zero-order valence-electron chi connectivity index (χ0n) is 14.3. The van der Waals surface area contributed by atoms with E-state index in [2.05, 4.69) is 10.3 Å². The van der Waals surface area contributed by atoms with Crippen LogP contribution >= 0.6 is 11.3 Å². The molecule has 0 saturated heterocycles. The number of carbonyl (C=O) groups excluding carboxylic acids is 2. The zero-order chi connectivity index (χ0) is 18.7. The minimum absolute atomic E-state index is 0.150. The third-order valence-corrected chi connectivity index (χ3v) is 5.05. The summed E-state index contributed by atoms with van der Waals surface area (Å²) in [5, 5.41) is 2.96. The number of hydrogen-bond acceptors (Lipinski definition) is 6.